The predicted molar refractivity (Wildman–Crippen MR) is 104 cm³/mol. The van der Waals surface area contributed by atoms with Crippen LogP contribution >= 0.6 is 0 Å². The fourth-order valence-corrected chi connectivity index (χ4v) is 2.77. The standard InChI is InChI=1S/C20H21N3O4/c1-2-18(24)21-14-7-5-8-15(13-14)22-19(25)11-6-12-23-16-9-3-4-10-17(16)27-20(23)26/h3-5,7-10,13H,2,6,11-12H2,1H3,(H,21,24)(H,22,25). The summed E-state index contributed by atoms with van der Waals surface area (Å²) < 4.78 is 6.71. The predicted octanol–water partition coefficient (Wildman–Crippen LogP) is 3.36. The van der Waals surface area contributed by atoms with Gasteiger partial charge in [0.2, 0.25) is 11.8 Å². The largest absolute Gasteiger partial charge is 0.419 e. The molecule has 0 saturated heterocycles. The van der Waals surface area contributed by atoms with E-state index in [0.717, 1.165) is 5.52 Å². The molecule has 3 aromatic rings. The minimum atomic E-state index is -0.420. The number of rotatable bonds is 7. The molecular weight excluding hydrogens is 346 g/mol. The van der Waals surface area contributed by atoms with Crippen molar-refractivity contribution >= 4 is 34.3 Å². The van der Waals surface area contributed by atoms with Crippen LogP contribution in [0.1, 0.15) is 26.2 Å². The smallest absolute Gasteiger partial charge is 0.408 e. The van der Waals surface area contributed by atoms with Crippen molar-refractivity contribution in [2.75, 3.05) is 10.6 Å². The van der Waals surface area contributed by atoms with Gasteiger partial charge in [0.1, 0.15) is 0 Å². The zero-order valence-electron chi connectivity index (χ0n) is 15.0. The van der Waals surface area contributed by atoms with E-state index in [4.69, 9.17) is 4.42 Å². The van der Waals surface area contributed by atoms with E-state index in [1.165, 1.54) is 4.57 Å². The molecule has 0 unspecified atom stereocenters. The summed E-state index contributed by atoms with van der Waals surface area (Å²) in [6.07, 6.45) is 1.15. The average Bonchev–Trinajstić information content (AvgIpc) is 2.97. The Labute approximate surface area is 156 Å². The number of oxazole rings is 1. The molecule has 0 atom stereocenters. The molecule has 2 amide bonds. The third kappa shape index (κ3) is 4.63. The normalized spacial score (nSPS) is 10.7. The molecule has 0 aliphatic heterocycles. The van der Waals surface area contributed by atoms with Gasteiger partial charge in [-0.25, -0.2) is 4.79 Å². The second-order valence-corrected chi connectivity index (χ2v) is 6.12. The Hall–Kier alpha value is -3.35. The lowest BCUT2D eigenvalue weighted by Crippen LogP contribution is -2.17. The number of aryl methyl sites for hydroxylation is 1. The first kappa shape index (κ1) is 18.4. The van der Waals surface area contributed by atoms with Gasteiger partial charge in [-0.05, 0) is 36.8 Å². The molecule has 140 valence electrons. The van der Waals surface area contributed by atoms with Crippen LogP contribution in [0.25, 0.3) is 11.1 Å². The third-order valence-corrected chi connectivity index (χ3v) is 4.11. The van der Waals surface area contributed by atoms with Crippen LogP contribution < -0.4 is 16.4 Å². The molecule has 3 rings (SSSR count). The SMILES string of the molecule is CCC(=O)Nc1cccc(NC(=O)CCCn2c(=O)oc3ccccc32)c1. The van der Waals surface area contributed by atoms with E-state index in [1.54, 1.807) is 43.3 Å². The van der Waals surface area contributed by atoms with Crippen LogP contribution in [0, 0.1) is 0 Å². The molecule has 27 heavy (non-hydrogen) atoms. The maximum Gasteiger partial charge on any atom is 0.419 e. The number of para-hydroxylation sites is 2. The Balaban J connectivity index is 1.55. The van der Waals surface area contributed by atoms with Crippen molar-refractivity contribution in [3.63, 3.8) is 0 Å². The number of nitrogens with zero attached hydrogens (tertiary/aromatic N) is 1. The van der Waals surface area contributed by atoms with Crippen LogP contribution in [0.4, 0.5) is 11.4 Å². The van der Waals surface area contributed by atoms with Crippen molar-refractivity contribution in [1.29, 1.82) is 0 Å². The Bertz CT molecular complexity index is 1020. The molecule has 7 nitrogen and oxygen atoms in total. The van der Waals surface area contributed by atoms with Crippen LogP contribution in [0.3, 0.4) is 0 Å². The van der Waals surface area contributed by atoms with E-state index in [1.807, 2.05) is 12.1 Å². The summed E-state index contributed by atoms with van der Waals surface area (Å²) in [7, 11) is 0. The van der Waals surface area contributed by atoms with Crippen molar-refractivity contribution in [2.45, 2.75) is 32.7 Å². The van der Waals surface area contributed by atoms with Crippen molar-refractivity contribution in [3.8, 4) is 0 Å². The molecule has 0 spiro atoms. The molecule has 2 N–H and O–H groups in total. The van der Waals surface area contributed by atoms with E-state index in [-0.39, 0.29) is 18.2 Å². The summed E-state index contributed by atoms with van der Waals surface area (Å²) in [5.41, 5.74) is 2.51. The lowest BCUT2D eigenvalue weighted by Gasteiger charge is -2.08. The second-order valence-electron chi connectivity index (χ2n) is 6.12. The van der Waals surface area contributed by atoms with Gasteiger partial charge in [0.25, 0.3) is 0 Å². The molecule has 0 aliphatic rings. The molecule has 7 heteroatoms. The number of hydrogen-bond donors (Lipinski definition) is 2. The number of carbonyl (C=O) groups is 2. The number of benzene rings is 2. The van der Waals surface area contributed by atoms with Crippen molar-refractivity contribution in [3.05, 3.63) is 59.1 Å². The minimum Gasteiger partial charge on any atom is -0.408 e. The van der Waals surface area contributed by atoms with Gasteiger partial charge in [0.15, 0.2) is 5.58 Å². The van der Waals surface area contributed by atoms with Crippen LogP contribution in [0.2, 0.25) is 0 Å². The van der Waals surface area contributed by atoms with E-state index in [9.17, 15) is 14.4 Å². The van der Waals surface area contributed by atoms with Crippen LogP contribution in [0.5, 0.6) is 0 Å². The maximum absolute atomic E-state index is 12.2. The number of anilines is 2. The van der Waals surface area contributed by atoms with Crippen LogP contribution in [-0.4, -0.2) is 16.4 Å². The number of aromatic nitrogens is 1. The number of nitrogens with one attached hydrogen (secondary N) is 2. The maximum atomic E-state index is 12.2. The van der Waals surface area contributed by atoms with Crippen LogP contribution in [-0.2, 0) is 16.1 Å². The minimum absolute atomic E-state index is 0.0868. The Morgan fingerprint density at radius 3 is 2.44 bits per heavy atom. The van der Waals surface area contributed by atoms with Crippen molar-refractivity contribution < 1.29 is 14.0 Å². The molecule has 0 bridgehead atoms. The molecular formula is C20H21N3O4. The first-order chi connectivity index (χ1) is 13.1. The van der Waals surface area contributed by atoms with Gasteiger partial charge < -0.3 is 15.1 Å². The first-order valence-corrected chi connectivity index (χ1v) is 8.85. The van der Waals surface area contributed by atoms with Gasteiger partial charge in [0, 0.05) is 30.8 Å². The molecule has 0 saturated carbocycles. The van der Waals surface area contributed by atoms with Gasteiger partial charge in [0.05, 0.1) is 5.52 Å². The van der Waals surface area contributed by atoms with Gasteiger partial charge in [-0.15, -0.1) is 0 Å². The van der Waals surface area contributed by atoms with Gasteiger partial charge in [-0.3, -0.25) is 14.2 Å². The molecule has 1 aromatic heterocycles. The zero-order valence-corrected chi connectivity index (χ0v) is 15.0. The van der Waals surface area contributed by atoms with Crippen LogP contribution in [0.15, 0.2) is 57.7 Å². The Morgan fingerprint density at radius 2 is 1.70 bits per heavy atom. The van der Waals surface area contributed by atoms with E-state index in [2.05, 4.69) is 10.6 Å². The van der Waals surface area contributed by atoms with E-state index >= 15 is 0 Å². The molecule has 2 aromatic carbocycles. The number of amides is 2. The zero-order chi connectivity index (χ0) is 19.2. The number of hydrogen-bond acceptors (Lipinski definition) is 4. The first-order valence-electron chi connectivity index (χ1n) is 8.85. The summed E-state index contributed by atoms with van der Waals surface area (Å²) >= 11 is 0. The third-order valence-electron chi connectivity index (χ3n) is 4.11. The van der Waals surface area contributed by atoms with Gasteiger partial charge in [-0.2, -0.15) is 0 Å². The number of carbonyl (C=O) groups excluding carboxylic acids is 2. The van der Waals surface area contributed by atoms with Gasteiger partial charge >= 0.3 is 5.76 Å². The molecule has 0 aliphatic carbocycles. The summed E-state index contributed by atoms with van der Waals surface area (Å²) in [5, 5.41) is 5.56. The average molecular weight is 367 g/mol. The highest BCUT2D eigenvalue weighted by Gasteiger charge is 2.09. The van der Waals surface area contributed by atoms with E-state index in [0.29, 0.717) is 36.3 Å². The summed E-state index contributed by atoms with van der Waals surface area (Å²) in [4.78, 5) is 35.5. The quantitative estimate of drug-likeness (QED) is 0.670. The Morgan fingerprint density at radius 1 is 1.00 bits per heavy atom. The molecule has 0 fully saturated rings. The summed E-state index contributed by atoms with van der Waals surface area (Å²) in [5.74, 6) is -0.665. The highest BCUT2D eigenvalue weighted by Crippen LogP contribution is 2.16. The fraction of sp³-hybridized carbons (Fsp3) is 0.250. The monoisotopic (exact) mass is 367 g/mol. The summed E-state index contributed by atoms with van der Waals surface area (Å²) in [6.45, 7) is 2.17. The van der Waals surface area contributed by atoms with Crippen molar-refractivity contribution in [2.24, 2.45) is 0 Å². The molecule has 1 heterocycles. The highest BCUT2D eigenvalue weighted by molar-refractivity contribution is 5.93. The lowest BCUT2D eigenvalue weighted by molar-refractivity contribution is -0.116. The second kappa shape index (κ2) is 8.35. The van der Waals surface area contributed by atoms with Gasteiger partial charge in [-0.1, -0.05) is 25.1 Å². The molecule has 0 radical (unpaired) electrons. The topological polar surface area (TPSA) is 93.3 Å². The van der Waals surface area contributed by atoms with E-state index < -0.39 is 5.76 Å². The highest BCUT2D eigenvalue weighted by atomic mass is 16.4. The van der Waals surface area contributed by atoms with Crippen molar-refractivity contribution in [1.82, 2.24) is 4.57 Å². The summed E-state index contributed by atoms with van der Waals surface area (Å²) in [6, 6.07) is 14.2. The fourth-order valence-electron chi connectivity index (χ4n) is 2.77. The lowest BCUT2D eigenvalue weighted by atomic mass is 10.2. The Kier molecular flexibility index (Phi) is 5.71. The number of fused-ring (bicyclic) bond motifs is 1.